The summed E-state index contributed by atoms with van der Waals surface area (Å²) >= 11 is 0. The summed E-state index contributed by atoms with van der Waals surface area (Å²) in [5, 5.41) is 9.48. The second kappa shape index (κ2) is 7.04. The highest BCUT2D eigenvalue weighted by molar-refractivity contribution is 5.91. The quantitative estimate of drug-likeness (QED) is 0.785. The van der Waals surface area contributed by atoms with Crippen LogP contribution in [0.4, 0.5) is 0 Å². The number of phenolic OH excluding ortho intramolecular Hbond substituents is 1. The summed E-state index contributed by atoms with van der Waals surface area (Å²) in [4.78, 5) is 11.9. The standard InChI is InChI=1S/C15H22O3/c1-4-5-6-12-9-13(16)7-8-14(12)15(17)18-10-11(2)3/h7-9,11,16H,4-6,10H2,1-3H3. The van der Waals surface area contributed by atoms with E-state index in [-0.39, 0.29) is 11.7 Å². The Hall–Kier alpha value is -1.51. The first kappa shape index (κ1) is 14.6. The molecule has 1 rings (SSSR count). The Labute approximate surface area is 109 Å². The first-order valence-corrected chi connectivity index (χ1v) is 6.53. The third-order valence-corrected chi connectivity index (χ3v) is 2.66. The Bertz CT molecular complexity index is 397. The van der Waals surface area contributed by atoms with Gasteiger partial charge in [0.05, 0.1) is 12.2 Å². The molecule has 100 valence electrons. The average Bonchev–Trinajstić information content (AvgIpc) is 2.33. The van der Waals surface area contributed by atoms with Crippen molar-refractivity contribution in [1.82, 2.24) is 0 Å². The maximum atomic E-state index is 11.9. The van der Waals surface area contributed by atoms with E-state index in [0.717, 1.165) is 24.8 Å². The zero-order valence-corrected chi connectivity index (χ0v) is 11.4. The highest BCUT2D eigenvalue weighted by atomic mass is 16.5. The molecular weight excluding hydrogens is 228 g/mol. The van der Waals surface area contributed by atoms with Gasteiger partial charge < -0.3 is 9.84 Å². The number of carbonyl (C=O) groups excluding carboxylic acids is 1. The number of hydrogen-bond donors (Lipinski definition) is 1. The number of carbonyl (C=O) groups is 1. The van der Waals surface area contributed by atoms with E-state index < -0.39 is 0 Å². The number of phenols is 1. The smallest absolute Gasteiger partial charge is 0.338 e. The van der Waals surface area contributed by atoms with E-state index in [4.69, 9.17) is 4.74 Å². The van der Waals surface area contributed by atoms with Gasteiger partial charge in [-0.2, -0.15) is 0 Å². The Morgan fingerprint density at radius 1 is 1.39 bits per heavy atom. The second-order valence-electron chi connectivity index (χ2n) is 4.94. The molecule has 1 aromatic carbocycles. The topological polar surface area (TPSA) is 46.5 Å². The van der Waals surface area contributed by atoms with Crippen LogP contribution in [-0.4, -0.2) is 17.7 Å². The summed E-state index contributed by atoms with van der Waals surface area (Å²) in [7, 11) is 0. The zero-order chi connectivity index (χ0) is 13.5. The zero-order valence-electron chi connectivity index (χ0n) is 11.4. The van der Waals surface area contributed by atoms with E-state index in [1.165, 1.54) is 6.07 Å². The molecule has 0 aliphatic heterocycles. The summed E-state index contributed by atoms with van der Waals surface area (Å²) in [5.41, 5.74) is 1.44. The molecule has 0 aliphatic rings. The van der Waals surface area contributed by atoms with Gasteiger partial charge in [0.1, 0.15) is 5.75 Å². The maximum Gasteiger partial charge on any atom is 0.338 e. The van der Waals surface area contributed by atoms with Gasteiger partial charge in [-0.05, 0) is 42.5 Å². The van der Waals surface area contributed by atoms with Crippen molar-refractivity contribution in [3.8, 4) is 5.75 Å². The molecule has 0 spiro atoms. The van der Waals surface area contributed by atoms with Crippen LogP contribution in [0.3, 0.4) is 0 Å². The first-order chi connectivity index (χ1) is 8.54. The molecule has 3 heteroatoms. The Morgan fingerprint density at radius 3 is 2.72 bits per heavy atom. The molecule has 0 aromatic heterocycles. The van der Waals surface area contributed by atoms with Gasteiger partial charge in [0.2, 0.25) is 0 Å². The molecule has 1 N–H and O–H groups in total. The largest absolute Gasteiger partial charge is 0.508 e. The minimum absolute atomic E-state index is 0.196. The fraction of sp³-hybridized carbons (Fsp3) is 0.533. The number of unbranched alkanes of at least 4 members (excludes halogenated alkanes) is 1. The number of hydrogen-bond acceptors (Lipinski definition) is 3. The van der Waals surface area contributed by atoms with Crippen molar-refractivity contribution >= 4 is 5.97 Å². The predicted molar refractivity (Wildman–Crippen MR) is 71.8 cm³/mol. The van der Waals surface area contributed by atoms with Crippen LogP contribution in [0.2, 0.25) is 0 Å². The molecule has 1 aromatic rings. The van der Waals surface area contributed by atoms with Gasteiger partial charge in [0.25, 0.3) is 0 Å². The normalized spacial score (nSPS) is 10.7. The fourth-order valence-electron chi connectivity index (χ4n) is 1.67. The van der Waals surface area contributed by atoms with Crippen LogP contribution in [0.5, 0.6) is 5.75 Å². The van der Waals surface area contributed by atoms with E-state index in [0.29, 0.717) is 18.1 Å². The molecule has 0 aliphatic carbocycles. The minimum Gasteiger partial charge on any atom is -0.508 e. The van der Waals surface area contributed by atoms with Crippen LogP contribution in [0, 0.1) is 5.92 Å². The molecule has 0 heterocycles. The van der Waals surface area contributed by atoms with Crippen molar-refractivity contribution < 1.29 is 14.6 Å². The number of ether oxygens (including phenoxy) is 1. The average molecular weight is 250 g/mol. The lowest BCUT2D eigenvalue weighted by Crippen LogP contribution is -2.12. The van der Waals surface area contributed by atoms with E-state index in [9.17, 15) is 9.90 Å². The summed E-state index contributed by atoms with van der Waals surface area (Å²) in [6.07, 6.45) is 2.83. The van der Waals surface area contributed by atoms with Gasteiger partial charge in [0.15, 0.2) is 0 Å². The van der Waals surface area contributed by atoms with Crippen molar-refractivity contribution in [3.05, 3.63) is 29.3 Å². The van der Waals surface area contributed by atoms with E-state index in [1.807, 2.05) is 13.8 Å². The van der Waals surface area contributed by atoms with Crippen molar-refractivity contribution in [2.75, 3.05) is 6.61 Å². The first-order valence-electron chi connectivity index (χ1n) is 6.53. The summed E-state index contributed by atoms with van der Waals surface area (Å²) < 4.78 is 5.23. The Kier molecular flexibility index (Phi) is 5.69. The predicted octanol–water partition coefficient (Wildman–Crippen LogP) is 3.55. The van der Waals surface area contributed by atoms with Gasteiger partial charge in [-0.25, -0.2) is 4.79 Å². The molecule has 0 saturated carbocycles. The fourth-order valence-corrected chi connectivity index (χ4v) is 1.67. The molecule has 0 radical (unpaired) electrons. The van der Waals surface area contributed by atoms with Crippen LogP contribution in [-0.2, 0) is 11.2 Å². The van der Waals surface area contributed by atoms with E-state index in [2.05, 4.69) is 6.92 Å². The third-order valence-electron chi connectivity index (χ3n) is 2.66. The maximum absolute atomic E-state index is 11.9. The van der Waals surface area contributed by atoms with Gasteiger partial charge in [-0.1, -0.05) is 27.2 Å². The number of rotatable bonds is 6. The highest BCUT2D eigenvalue weighted by Crippen LogP contribution is 2.20. The van der Waals surface area contributed by atoms with Gasteiger partial charge >= 0.3 is 5.97 Å². The molecule has 3 nitrogen and oxygen atoms in total. The van der Waals surface area contributed by atoms with E-state index in [1.54, 1.807) is 12.1 Å². The van der Waals surface area contributed by atoms with E-state index >= 15 is 0 Å². The number of aryl methyl sites for hydroxylation is 1. The molecule has 0 saturated heterocycles. The van der Waals surface area contributed by atoms with Gasteiger partial charge in [-0.15, -0.1) is 0 Å². The number of benzene rings is 1. The van der Waals surface area contributed by atoms with Crippen LogP contribution in [0.1, 0.15) is 49.5 Å². The molecule has 0 bridgehead atoms. The minimum atomic E-state index is -0.296. The summed E-state index contributed by atoms with van der Waals surface area (Å²) in [5.74, 6) is 0.224. The third kappa shape index (κ3) is 4.40. The molecule has 0 unspecified atom stereocenters. The van der Waals surface area contributed by atoms with Gasteiger partial charge in [0, 0.05) is 0 Å². The molecule has 18 heavy (non-hydrogen) atoms. The van der Waals surface area contributed by atoms with Crippen LogP contribution in [0.15, 0.2) is 18.2 Å². The van der Waals surface area contributed by atoms with Crippen molar-refractivity contribution in [2.45, 2.75) is 40.0 Å². The Morgan fingerprint density at radius 2 is 2.11 bits per heavy atom. The molecule has 0 fully saturated rings. The molecule has 0 amide bonds. The van der Waals surface area contributed by atoms with Crippen LogP contribution >= 0.6 is 0 Å². The summed E-state index contributed by atoms with van der Waals surface area (Å²) in [6.45, 7) is 6.52. The lowest BCUT2D eigenvalue weighted by molar-refractivity contribution is 0.0457. The van der Waals surface area contributed by atoms with Crippen molar-refractivity contribution in [1.29, 1.82) is 0 Å². The number of aromatic hydroxyl groups is 1. The van der Waals surface area contributed by atoms with Crippen molar-refractivity contribution in [3.63, 3.8) is 0 Å². The monoisotopic (exact) mass is 250 g/mol. The van der Waals surface area contributed by atoms with Crippen LogP contribution < -0.4 is 0 Å². The molecule has 0 atom stereocenters. The van der Waals surface area contributed by atoms with Crippen LogP contribution in [0.25, 0.3) is 0 Å². The van der Waals surface area contributed by atoms with Crippen molar-refractivity contribution in [2.24, 2.45) is 5.92 Å². The molecular formula is C15H22O3. The highest BCUT2D eigenvalue weighted by Gasteiger charge is 2.13. The lowest BCUT2D eigenvalue weighted by Gasteiger charge is -2.11. The summed E-state index contributed by atoms with van der Waals surface area (Å²) in [6, 6.07) is 4.83. The van der Waals surface area contributed by atoms with Gasteiger partial charge in [-0.3, -0.25) is 0 Å². The lowest BCUT2D eigenvalue weighted by atomic mass is 10.0. The Balaban J connectivity index is 2.82. The SMILES string of the molecule is CCCCc1cc(O)ccc1C(=O)OCC(C)C. The number of esters is 1. The second-order valence-corrected chi connectivity index (χ2v) is 4.94.